The quantitative estimate of drug-likeness (QED) is 0.865. The van der Waals surface area contributed by atoms with Crippen molar-refractivity contribution in [1.82, 2.24) is 9.47 Å². The Balaban J connectivity index is 1.52. The molecule has 24 heavy (non-hydrogen) atoms. The van der Waals surface area contributed by atoms with Crippen molar-refractivity contribution in [3.8, 4) is 0 Å². The van der Waals surface area contributed by atoms with Crippen LogP contribution < -0.4 is 5.56 Å². The molecule has 1 aromatic carbocycles. The van der Waals surface area contributed by atoms with Gasteiger partial charge in [0.1, 0.15) is 0 Å². The first-order valence-corrected chi connectivity index (χ1v) is 8.25. The van der Waals surface area contributed by atoms with Gasteiger partial charge in [-0.05, 0) is 24.5 Å². The van der Waals surface area contributed by atoms with Gasteiger partial charge >= 0.3 is 0 Å². The maximum absolute atomic E-state index is 12.5. The summed E-state index contributed by atoms with van der Waals surface area (Å²) in [7, 11) is 1.66. The van der Waals surface area contributed by atoms with Gasteiger partial charge in [-0.15, -0.1) is 0 Å². The highest BCUT2D eigenvalue weighted by Crippen LogP contribution is 2.17. The largest absolute Gasteiger partial charge is 0.373 e. The monoisotopic (exact) mass is 326 g/mol. The second-order valence-corrected chi connectivity index (χ2v) is 6.16. The first-order chi connectivity index (χ1) is 11.6. The number of aryl methyl sites for hydroxylation is 1. The first-order valence-electron chi connectivity index (χ1n) is 8.25. The van der Waals surface area contributed by atoms with Crippen LogP contribution in [0.25, 0.3) is 0 Å². The number of pyridine rings is 1. The number of amides is 1. The summed E-state index contributed by atoms with van der Waals surface area (Å²) >= 11 is 0. The number of piperidine rings is 1. The molecule has 2 heterocycles. The molecular weight excluding hydrogens is 304 g/mol. The lowest BCUT2D eigenvalue weighted by atomic mass is 10.1. The Labute approximate surface area is 141 Å². The number of rotatable bonds is 4. The van der Waals surface area contributed by atoms with E-state index in [0.29, 0.717) is 25.3 Å². The molecule has 1 aromatic heterocycles. The van der Waals surface area contributed by atoms with Gasteiger partial charge in [0, 0.05) is 32.4 Å². The minimum absolute atomic E-state index is 0.0212. The molecule has 0 N–H and O–H groups in total. The zero-order valence-electron chi connectivity index (χ0n) is 13.9. The SMILES string of the molecule is Cn1cc(C(=O)N2CCC(OCc3ccccc3)CC2)ccc1=O. The van der Waals surface area contributed by atoms with Gasteiger partial charge in [0.15, 0.2) is 0 Å². The Bertz CT molecular complexity index is 747. The average molecular weight is 326 g/mol. The summed E-state index contributed by atoms with van der Waals surface area (Å²) in [4.78, 5) is 25.8. The molecule has 0 atom stereocenters. The van der Waals surface area contributed by atoms with Crippen molar-refractivity contribution in [2.24, 2.45) is 7.05 Å². The van der Waals surface area contributed by atoms with Crippen molar-refractivity contribution in [2.75, 3.05) is 13.1 Å². The van der Waals surface area contributed by atoms with E-state index in [1.165, 1.54) is 16.2 Å². The molecule has 1 saturated heterocycles. The Morgan fingerprint density at radius 1 is 1.12 bits per heavy atom. The predicted octanol–water partition coefficient (Wildman–Crippen LogP) is 2.21. The fourth-order valence-corrected chi connectivity index (χ4v) is 2.92. The molecule has 126 valence electrons. The third kappa shape index (κ3) is 3.92. The van der Waals surface area contributed by atoms with Gasteiger partial charge in [-0.3, -0.25) is 9.59 Å². The maximum atomic E-state index is 12.5. The van der Waals surface area contributed by atoms with E-state index in [-0.39, 0.29) is 17.6 Å². The standard InChI is InChI=1S/C19H22N2O3/c1-20-13-16(7-8-18(20)22)19(23)21-11-9-17(10-12-21)24-14-15-5-3-2-4-6-15/h2-8,13,17H,9-12,14H2,1H3. The number of hydrogen-bond donors (Lipinski definition) is 0. The van der Waals surface area contributed by atoms with Gasteiger partial charge in [-0.25, -0.2) is 0 Å². The van der Waals surface area contributed by atoms with E-state index >= 15 is 0 Å². The van der Waals surface area contributed by atoms with Crippen LogP contribution in [0.15, 0.2) is 53.5 Å². The summed E-state index contributed by atoms with van der Waals surface area (Å²) in [6, 6.07) is 13.1. The Morgan fingerprint density at radius 3 is 2.50 bits per heavy atom. The number of aromatic nitrogens is 1. The molecule has 3 rings (SSSR count). The number of benzene rings is 1. The van der Waals surface area contributed by atoms with E-state index in [2.05, 4.69) is 12.1 Å². The lowest BCUT2D eigenvalue weighted by molar-refractivity contribution is -0.000397. The normalized spacial score (nSPS) is 15.5. The smallest absolute Gasteiger partial charge is 0.255 e. The molecule has 0 bridgehead atoms. The Morgan fingerprint density at radius 2 is 1.83 bits per heavy atom. The molecule has 0 aliphatic carbocycles. The first kappa shape index (κ1) is 16.5. The number of ether oxygens (including phenoxy) is 1. The number of likely N-dealkylation sites (tertiary alicyclic amines) is 1. The highest BCUT2D eigenvalue weighted by atomic mass is 16.5. The molecule has 1 aliphatic rings. The van der Waals surface area contributed by atoms with Crippen LogP contribution in [-0.4, -0.2) is 34.6 Å². The highest BCUT2D eigenvalue weighted by molar-refractivity contribution is 5.93. The predicted molar refractivity (Wildman–Crippen MR) is 91.8 cm³/mol. The molecule has 2 aromatic rings. The molecular formula is C19H22N2O3. The van der Waals surface area contributed by atoms with Gasteiger partial charge in [0.05, 0.1) is 18.3 Å². The number of hydrogen-bond acceptors (Lipinski definition) is 3. The number of carbonyl (C=O) groups excluding carboxylic acids is 1. The van der Waals surface area contributed by atoms with Crippen molar-refractivity contribution < 1.29 is 9.53 Å². The molecule has 5 heteroatoms. The van der Waals surface area contributed by atoms with Crippen molar-refractivity contribution in [2.45, 2.75) is 25.6 Å². The zero-order chi connectivity index (χ0) is 16.9. The van der Waals surface area contributed by atoms with Gasteiger partial charge in [-0.1, -0.05) is 30.3 Å². The molecule has 0 saturated carbocycles. The third-order valence-electron chi connectivity index (χ3n) is 4.39. The lowest BCUT2D eigenvalue weighted by Crippen LogP contribution is -2.41. The van der Waals surface area contributed by atoms with Crippen LogP contribution in [0, 0.1) is 0 Å². The van der Waals surface area contributed by atoms with Crippen molar-refractivity contribution in [3.63, 3.8) is 0 Å². The Kier molecular flexibility index (Phi) is 5.11. The lowest BCUT2D eigenvalue weighted by Gasteiger charge is -2.32. The maximum Gasteiger partial charge on any atom is 0.255 e. The third-order valence-corrected chi connectivity index (χ3v) is 4.39. The second kappa shape index (κ2) is 7.45. The molecule has 5 nitrogen and oxygen atoms in total. The van der Waals surface area contributed by atoms with Crippen molar-refractivity contribution in [1.29, 1.82) is 0 Å². The second-order valence-electron chi connectivity index (χ2n) is 6.16. The highest BCUT2D eigenvalue weighted by Gasteiger charge is 2.24. The summed E-state index contributed by atoms with van der Waals surface area (Å²) in [6.07, 6.45) is 3.46. The van der Waals surface area contributed by atoms with E-state index in [1.807, 2.05) is 23.1 Å². The molecule has 1 amide bonds. The molecule has 1 fully saturated rings. The zero-order valence-corrected chi connectivity index (χ0v) is 13.9. The van der Waals surface area contributed by atoms with Crippen molar-refractivity contribution in [3.05, 3.63) is 70.1 Å². The van der Waals surface area contributed by atoms with E-state index in [9.17, 15) is 9.59 Å². The van der Waals surface area contributed by atoms with Gasteiger partial charge in [0.2, 0.25) is 5.56 Å². The summed E-state index contributed by atoms with van der Waals surface area (Å²) < 4.78 is 7.39. The van der Waals surface area contributed by atoms with E-state index in [0.717, 1.165) is 12.8 Å². The molecule has 0 unspecified atom stereocenters. The minimum atomic E-state index is -0.112. The van der Waals surface area contributed by atoms with Gasteiger partial charge < -0.3 is 14.2 Å². The van der Waals surface area contributed by atoms with E-state index in [1.54, 1.807) is 19.3 Å². The summed E-state index contributed by atoms with van der Waals surface area (Å²) in [5.41, 5.74) is 1.61. The van der Waals surface area contributed by atoms with E-state index < -0.39 is 0 Å². The fraction of sp³-hybridized carbons (Fsp3) is 0.368. The van der Waals surface area contributed by atoms with Crippen LogP contribution in [0.4, 0.5) is 0 Å². The number of carbonyl (C=O) groups is 1. The van der Waals surface area contributed by atoms with Gasteiger partial charge in [0.25, 0.3) is 5.91 Å². The van der Waals surface area contributed by atoms with Crippen LogP contribution in [0.2, 0.25) is 0 Å². The van der Waals surface area contributed by atoms with Crippen LogP contribution >= 0.6 is 0 Å². The minimum Gasteiger partial charge on any atom is -0.373 e. The van der Waals surface area contributed by atoms with Crippen LogP contribution in [-0.2, 0) is 18.4 Å². The molecule has 0 spiro atoms. The summed E-state index contributed by atoms with van der Waals surface area (Å²) in [5.74, 6) is -0.0212. The number of nitrogens with zero attached hydrogens (tertiary/aromatic N) is 2. The van der Waals surface area contributed by atoms with Crippen molar-refractivity contribution >= 4 is 5.91 Å². The van der Waals surface area contributed by atoms with Crippen LogP contribution in [0.3, 0.4) is 0 Å². The van der Waals surface area contributed by atoms with Crippen LogP contribution in [0.5, 0.6) is 0 Å². The topological polar surface area (TPSA) is 51.5 Å². The van der Waals surface area contributed by atoms with Crippen LogP contribution in [0.1, 0.15) is 28.8 Å². The average Bonchev–Trinajstić information content (AvgIpc) is 2.63. The van der Waals surface area contributed by atoms with Gasteiger partial charge in [-0.2, -0.15) is 0 Å². The summed E-state index contributed by atoms with van der Waals surface area (Å²) in [6.45, 7) is 1.97. The van der Waals surface area contributed by atoms with E-state index in [4.69, 9.17) is 4.74 Å². The fourth-order valence-electron chi connectivity index (χ4n) is 2.92. The molecule has 1 aliphatic heterocycles. The Hall–Kier alpha value is -2.40. The molecule has 0 radical (unpaired) electrons. The summed E-state index contributed by atoms with van der Waals surface area (Å²) in [5, 5.41) is 0.